The number of carbonyl (C=O) groups is 2. The number of hydrogen-bond acceptors (Lipinski definition) is 8. The van der Waals surface area contributed by atoms with E-state index in [1.165, 1.54) is 8.52 Å². The first kappa shape index (κ1) is 29.1. The summed E-state index contributed by atoms with van der Waals surface area (Å²) in [6, 6.07) is 7.41. The lowest BCUT2D eigenvalue weighted by atomic mass is 9.84. The summed E-state index contributed by atoms with van der Waals surface area (Å²) in [5.41, 5.74) is 2.59. The topological polar surface area (TPSA) is 121 Å². The Bertz CT molecular complexity index is 1450. The minimum atomic E-state index is -0.524. The summed E-state index contributed by atoms with van der Waals surface area (Å²) >= 11 is 0.957. The van der Waals surface area contributed by atoms with E-state index in [4.69, 9.17) is 14.2 Å². The molecule has 2 aliphatic heterocycles. The molecule has 1 amide bonds. The van der Waals surface area contributed by atoms with Gasteiger partial charge < -0.3 is 19.5 Å². The molecule has 0 radical (unpaired) electrons. The number of epoxide rings is 1. The van der Waals surface area contributed by atoms with E-state index in [2.05, 4.69) is 18.0 Å². The number of aromatic nitrogens is 2. The average molecular weight is 584 g/mol. The van der Waals surface area contributed by atoms with E-state index < -0.39 is 6.09 Å². The summed E-state index contributed by atoms with van der Waals surface area (Å²) in [4.78, 5) is 49.2. The van der Waals surface area contributed by atoms with Crippen molar-refractivity contribution in [3.05, 3.63) is 79.3 Å². The van der Waals surface area contributed by atoms with Crippen LogP contribution in [0.15, 0.2) is 57.7 Å². The van der Waals surface area contributed by atoms with Gasteiger partial charge in [0.1, 0.15) is 18.8 Å². The maximum Gasteiger partial charge on any atom is 0.407 e. The van der Waals surface area contributed by atoms with Gasteiger partial charge in [0, 0.05) is 36.1 Å². The van der Waals surface area contributed by atoms with E-state index in [0.29, 0.717) is 25.0 Å². The van der Waals surface area contributed by atoms with E-state index in [1.807, 2.05) is 38.1 Å². The first-order valence-electron chi connectivity index (χ1n) is 14.2. The van der Waals surface area contributed by atoms with Gasteiger partial charge in [-0.25, -0.2) is 22.9 Å². The van der Waals surface area contributed by atoms with E-state index in [9.17, 15) is 19.2 Å². The Morgan fingerprint density at radius 1 is 1.22 bits per heavy atom. The normalized spacial score (nSPS) is 26.8. The molecule has 0 bridgehead atoms. The predicted molar refractivity (Wildman–Crippen MR) is 154 cm³/mol. The number of esters is 1. The highest BCUT2D eigenvalue weighted by Crippen LogP contribution is 2.49. The molecule has 4 atom stereocenters. The number of nitrogens with zero attached hydrogens (tertiary/aromatic N) is 2. The summed E-state index contributed by atoms with van der Waals surface area (Å²) in [6.45, 7) is 9.23. The Hall–Kier alpha value is -3.44. The maximum atomic E-state index is 12.5. The van der Waals surface area contributed by atoms with Gasteiger partial charge in [0.15, 0.2) is 0 Å². The predicted octanol–water partition coefficient (Wildman–Crippen LogP) is 3.90. The number of carbonyl (C=O) groups excluding carboxylic acids is 2. The molecular formula is C30H37N3O7S. The van der Waals surface area contributed by atoms with Crippen LogP contribution in [0.4, 0.5) is 4.79 Å². The van der Waals surface area contributed by atoms with Crippen molar-refractivity contribution in [1.82, 2.24) is 13.8 Å². The fourth-order valence-electron chi connectivity index (χ4n) is 5.55. The Morgan fingerprint density at radius 3 is 2.73 bits per heavy atom. The largest absolute Gasteiger partial charge is 0.455 e. The molecule has 1 N–H and O–H groups in total. The fourth-order valence-corrected chi connectivity index (χ4v) is 6.38. The van der Waals surface area contributed by atoms with Gasteiger partial charge in [-0.15, -0.1) is 0 Å². The van der Waals surface area contributed by atoms with Crippen molar-refractivity contribution in [2.45, 2.75) is 89.8 Å². The van der Waals surface area contributed by atoms with E-state index >= 15 is 0 Å². The highest BCUT2D eigenvalue weighted by molar-refractivity contribution is 7.03. The Balaban J connectivity index is 1.11. The number of ether oxygens (including phenoxy) is 3. The van der Waals surface area contributed by atoms with E-state index in [0.717, 1.165) is 53.9 Å². The number of unbranched alkanes of at least 4 members (excludes halogenated alkanes) is 1. The molecule has 220 valence electrons. The van der Waals surface area contributed by atoms with Crippen molar-refractivity contribution < 1.29 is 23.8 Å². The smallest absolute Gasteiger partial charge is 0.407 e. The van der Waals surface area contributed by atoms with Gasteiger partial charge in [-0.05, 0) is 55.7 Å². The summed E-state index contributed by atoms with van der Waals surface area (Å²) < 4.78 is 19.8. The van der Waals surface area contributed by atoms with Gasteiger partial charge in [-0.1, -0.05) is 50.3 Å². The van der Waals surface area contributed by atoms with Crippen molar-refractivity contribution >= 4 is 23.6 Å². The SMILES string of the molecule is C=C1C(=O)O[C@H]2[C@H]1CC/C(COC(=O)NCc1ccc(Cn3c(=O)sn(CCCC)c3=O)cc1)=C\CC[C@@]1(C)O[C@@H]21. The molecule has 2 saturated heterocycles. The highest BCUT2D eigenvalue weighted by Gasteiger charge is 2.61. The number of nitrogens with one attached hydrogen (secondary N) is 1. The third-order valence-electron chi connectivity index (χ3n) is 8.20. The van der Waals surface area contributed by atoms with Crippen molar-refractivity contribution in [3.63, 3.8) is 0 Å². The monoisotopic (exact) mass is 583 g/mol. The number of alkyl carbamates (subject to hydrolysis) is 1. The lowest BCUT2D eigenvalue weighted by molar-refractivity contribution is -0.140. The molecule has 3 heterocycles. The molecule has 41 heavy (non-hydrogen) atoms. The lowest BCUT2D eigenvalue weighted by Crippen LogP contribution is -2.29. The number of rotatable bonds is 9. The zero-order valence-electron chi connectivity index (χ0n) is 23.6. The van der Waals surface area contributed by atoms with E-state index in [-0.39, 0.29) is 60.0 Å². The average Bonchev–Trinajstić information content (AvgIpc) is 3.45. The minimum absolute atomic E-state index is 0.0909. The summed E-state index contributed by atoms with van der Waals surface area (Å²) in [5.74, 6) is -0.453. The summed E-state index contributed by atoms with van der Waals surface area (Å²) in [7, 11) is 0. The second-order valence-electron chi connectivity index (χ2n) is 11.2. The van der Waals surface area contributed by atoms with Gasteiger partial charge in [-0.3, -0.25) is 4.79 Å². The third kappa shape index (κ3) is 6.56. The molecule has 0 unspecified atom stereocenters. The molecule has 10 nitrogen and oxygen atoms in total. The van der Waals surface area contributed by atoms with Crippen LogP contribution in [0.2, 0.25) is 0 Å². The summed E-state index contributed by atoms with van der Waals surface area (Å²) in [6.07, 6.45) is 5.93. The van der Waals surface area contributed by atoms with Crippen molar-refractivity contribution in [1.29, 1.82) is 0 Å². The zero-order chi connectivity index (χ0) is 29.1. The number of allylic oxidation sites excluding steroid dienone is 1. The number of benzene rings is 1. The molecule has 5 rings (SSSR count). The van der Waals surface area contributed by atoms with Crippen molar-refractivity contribution in [3.8, 4) is 0 Å². The molecule has 1 aromatic carbocycles. The van der Waals surface area contributed by atoms with Gasteiger partial charge in [0.05, 0.1) is 12.1 Å². The van der Waals surface area contributed by atoms with Crippen molar-refractivity contribution in [2.24, 2.45) is 5.92 Å². The first-order valence-corrected chi connectivity index (χ1v) is 15.0. The number of amides is 1. The third-order valence-corrected chi connectivity index (χ3v) is 9.13. The summed E-state index contributed by atoms with van der Waals surface area (Å²) in [5, 5.41) is 2.77. The molecule has 0 saturated carbocycles. The molecule has 2 aromatic rings. The van der Waals surface area contributed by atoms with Gasteiger partial charge in [0.25, 0.3) is 0 Å². The second-order valence-corrected chi connectivity index (χ2v) is 12.2. The van der Waals surface area contributed by atoms with Crippen LogP contribution in [-0.2, 0) is 38.6 Å². The van der Waals surface area contributed by atoms with Crippen LogP contribution >= 0.6 is 11.5 Å². The van der Waals surface area contributed by atoms with Crippen LogP contribution in [-0.4, -0.2) is 45.0 Å². The fraction of sp³-hybridized carbons (Fsp3) is 0.533. The zero-order valence-corrected chi connectivity index (χ0v) is 24.4. The van der Waals surface area contributed by atoms with Crippen LogP contribution in [0.1, 0.15) is 63.5 Å². The molecule has 3 aliphatic rings. The maximum absolute atomic E-state index is 12.5. The lowest BCUT2D eigenvalue weighted by Gasteiger charge is -2.20. The Morgan fingerprint density at radius 2 is 1.98 bits per heavy atom. The number of hydrogen-bond donors (Lipinski definition) is 1. The van der Waals surface area contributed by atoms with E-state index in [1.54, 1.807) is 0 Å². The first-order chi connectivity index (χ1) is 19.7. The molecule has 0 spiro atoms. The standard InChI is InChI=1S/C30H37N3O7S/c1-4-5-15-33-28(36)32(29(37)41-33)17-21-10-8-20(9-11-21)16-31-27(35)38-18-22-7-6-14-30(3)25(40-30)24-23(13-12-22)19(2)26(34)39-24/h7-11,23-25H,2,4-6,12-18H2,1,3H3,(H,31,35)/b22-7+/t23-,24-,25-,30+/m0/s1. The minimum Gasteiger partial charge on any atom is -0.455 e. The Labute approximate surface area is 242 Å². The van der Waals surface area contributed by atoms with Gasteiger partial charge >= 0.3 is 22.6 Å². The van der Waals surface area contributed by atoms with Crippen LogP contribution < -0.4 is 15.9 Å². The van der Waals surface area contributed by atoms with Crippen LogP contribution in [0.3, 0.4) is 0 Å². The molecule has 2 fully saturated rings. The van der Waals surface area contributed by atoms with Crippen LogP contribution in [0.5, 0.6) is 0 Å². The van der Waals surface area contributed by atoms with Gasteiger partial charge in [0.2, 0.25) is 0 Å². The molecule has 1 aliphatic carbocycles. The molecule has 11 heteroatoms. The van der Waals surface area contributed by atoms with Crippen LogP contribution in [0.25, 0.3) is 0 Å². The molecular weight excluding hydrogens is 546 g/mol. The van der Waals surface area contributed by atoms with Crippen molar-refractivity contribution in [2.75, 3.05) is 6.61 Å². The molecule has 1 aromatic heterocycles. The second kappa shape index (κ2) is 12.2. The number of aryl methyl sites for hydroxylation is 1. The quantitative estimate of drug-likeness (QED) is 0.206. The van der Waals surface area contributed by atoms with Gasteiger partial charge in [-0.2, -0.15) is 0 Å². The highest BCUT2D eigenvalue weighted by atomic mass is 32.1. The van der Waals surface area contributed by atoms with Crippen LogP contribution in [0, 0.1) is 5.92 Å². The Kier molecular flexibility index (Phi) is 8.65. The number of fused-ring (bicyclic) bond motifs is 3.